The van der Waals surface area contributed by atoms with Gasteiger partial charge in [-0.25, -0.2) is 4.39 Å². The van der Waals surface area contributed by atoms with Gasteiger partial charge in [-0.1, -0.05) is 0 Å². The van der Waals surface area contributed by atoms with Crippen molar-refractivity contribution < 1.29 is 4.39 Å². The summed E-state index contributed by atoms with van der Waals surface area (Å²) in [6.07, 6.45) is 2.33. The van der Waals surface area contributed by atoms with Crippen molar-refractivity contribution in [3.05, 3.63) is 29.6 Å². The number of benzene rings is 1. The maximum atomic E-state index is 13.5. The molecule has 0 aromatic heterocycles. The average molecular weight is 261 g/mol. The summed E-state index contributed by atoms with van der Waals surface area (Å²) in [6.45, 7) is 5.96. The van der Waals surface area contributed by atoms with Crippen molar-refractivity contribution in [2.45, 2.75) is 19.8 Å². The quantitative estimate of drug-likeness (QED) is 0.905. The summed E-state index contributed by atoms with van der Waals surface area (Å²) in [5.74, 6) is 0.313. The first-order valence-electron chi connectivity index (χ1n) is 6.89. The smallest absolute Gasteiger partial charge is 0.126 e. The molecule has 0 aliphatic carbocycles. The molecule has 4 heteroatoms. The lowest BCUT2D eigenvalue weighted by atomic mass is 9.97. The second kappa shape index (κ2) is 6.53. The van der Waals surface area contributed by atoms with Gasteiger partial charge in [-0.05, 0) is 57.0 Å². The average Bonchev–Trinajstić information content (AvgIpc) is 2.45. The van der Waals surface area contributed by atoms with Crippen molar-refractivity contribution in [2.75, 3.05) is 31.1 Å². The van der Waals surface area contributed by atoms with Crippen molar-refractivity contribution in [1.82, 2.24) is 5.32 Å². The highest BCUT2D eigenvalue weighted by Crippen LogP contribution is 2.22. The third kappa shape index (κ3) is 3.68. The van der Waals surface area contributed by atoms with E-state index < -0.39 is 0 Å². The summed E-state index contributed by atoms with van der Waals surface area (Å²) in [6, 6.07) is 6.58. The van der Waals surface area contributed by atoms with E-state index in [1.165, 1.54) is 12.1 Å². The number of nitrogens with one attached hydrogen (secondary N) is 1. The Hall–Kier alpha value is -1.60. The molecule has 1 saturated heterocycles. The largest absolute Gasteiger partial charge is 0.371 e. The number of halogens is 1. The van der Waals surface area contributed by atoms with Gasteiger partial charge < -0.3 is 10.2 Å². The number of hydrogen-bond acceptors (Lipinski definition) is 3. The van der Waals surface area contributed by atoms with Crippen molar-refractivity contribution in [1.29, 1.82) is 5.26 Å². The summed E-state index contributed by atoms with van der Waals surface area (Å²) in [7, 11) is 0. The molecule has 19 heavy (non-hydrogen) atoms. The molecule has 0 atom stereocenters. The number of anilines is 1. The van der Waals surface area contributed by atoms with Gasteiger partial charge in [0.2, 0.25) is 0 Å². The molecular formula is C15H20FN3. The van der Waals surface area contributed by atoms with Crippen LogP contribution in [-0.4, -0.2) is 26.2 Å². The summed E-state index contributed by atoms with van der Waals surface area (Å²) < 4.78 is 13.5. The van der Waals surface area contributed by atoms with Gasteiger partial charge in [0.15, 0.2) is 0 Å². The zero-order valence-electron chi connectivity index (χ0n) is 11.3. The van der Waals surface area contributed by atoms with E-state index in [1.54, 1.807) is 6.07 Å². The highest BCUT2D eigenvalue weighted by molar-refractivity contribution is 5.52. The molecule has 2 rings (SSSR count). The molecule has 0 spiro atoms. The highest BCUT2D eigenvalue weighted by Gasteiger charge is 2.17. The number of rotatable bonds is 4. The normalized spacial score (nSPS) is 16.1. The fraction of sp³-hybridized carbons (Fsp3) is 0.533. The topological polar surface area (TPSA) is 39.1 Å². The van der Waals surface area contributed by atoms with Crippen molar-refractivity contribution in [3.8, 4) is 6.07 Å². The fourth-order valence-electron chi connectivity index (χ4n) is 2.61. The Morgan fingerprint density at radius 2 is 2.11 bits per heavy atom. The Bertz CT molecular complexity index is 461. The lowest BCUT2D eigenvalue weighted by molar-refractivity contribution is 0.374. The Balaban J connectivity index is 2.12. The van der Waals surface area contributed by atoms with Crippen molar-refractivity contribution in [3.63, 3.8) is 0 Å². The van der Waals surface area contributed by atoms with Crippen LogP contribution >= 0.6 is 0 Å². The maximum Gasteiger partial charge on any atom is 0.126 e. The summed E-state index contributed by atoms with van der Waals surface area (Å²) >= 11 is 0. The first kappa shape index (κ1) is 13.8. The van der Waals surface area contributed by atoms with E-state index in [1.807, 2.05) is 6.07 Å². The van der Waals surface area contributed by atoms with Crippen LogP contribution in [0.3, 0.4) is 0 Å². The molecule has 1 N–H and O–H groups in total. The molecule has 0 saturated carbocycles. The molecule has 0 bridgehead atoms. The van der Waals surface area contributed by atoms with Gasteiger partial charge >= 0.3 is 0 Å². The summed E-state index contributed by atoms with van der Waals surface area (Å²) in [5.41, 5.74) is 1.20. The first-order chi connectivity index (χ1) is 9.22. The molecule has 3 nitrogen and oxygen atoms in total. The number of piperidine rings is 1. The molecule has 102 valence electrons. The molecule has 0 amide bonds. The molecule has 1 aromatic carbocycles. The minimum Gasteiger partial charge on any atom is -0.371 e. The lowest BCUT2D eigenvalue weighted by Gasteiger charge is -2.31. The van der Waals surface area contributed by atoms with E-state index in [9.17, 15) is 4.39 Å². The Morgan fingerprint density at radius 1 is 1.37 bits per heavy atom. The molecule has 1 aliphatic rings. The number of hydrogen-bond donors (Lipinski definition) is 1. The molecule has 1 aliphatic heterocycles. The zero-order chi connectivity index (χ0) is 13.7. The van der Waals surface area contributed by atoms with Gasteiger partial charge in [0, 0.05) is 18.8 Å². The number of nitrogens with zero attached hydrogens (tertiary/aromatic N) is 2. The van der Waals surface area contributed by atoms with Crippen LogP contribution in [-0.2, 0) is 0 Å². The van der Waals surface area contributed by atoms with E-state index in [0.29, 0.717) is 11.5 Å². The molecule has 0 radical (unpaired) electrons. The van der Waals surface area contributed by atoms with Gasteiger partial charge in [-0.2, -0.15) is 5.26 Å². The number of nitriles is 1. The Morgan fingerprint density at radius 3 is 2.74 bits per heavy atom. The van der Waals surface area contributed by atoms with Crippen LogP contribution in [0.4, 0.5) is 10.1 Å². The minimum absolute atomic E-state index is 0.335. The van der Waals surface area contributed by atoms with Crippen LogP contribution < -0.4 is 10.2 Å². The fourth-order valence-corrected chi connectivity index (χ4v) is 2.61. The summed E-state index contributed by atoms with van der Waals surface area (Å²) in [4.78, 5) is 2.17. The Labute approximate surface area is 114 Å². The second-order valence-electron chi connectivity index (χ2n) is 5.04. The van der Waals surface area contributed by atoms with Crippen LogP contribution in [0, 0.1) is 23.1 Å². The van der Waals surface area contributed by atoms with Crippen LogP contribution in [0.1, 0.15) is 25.3 Å². The van der Waals surface area contributed by atoms with E-state index in [0.717, 1.165) is 44.7 Å². The molecule has 1 heterocycles. The van der Waals surface area contributed by atoms with Gasteiger partial charge in [-0.15, -0.1) is 0 Å². The molecule has 1 aromatic rings. The van der Waals surface area contributed by atoms with Crippen LogP contribution in [0.15, 0.2) is 18.2 Å². The highest BCUT2D eigenvalue weighted by atomic mass is 19.1. The Kier molecular flexibility index (Phi) is 4.75. The standard InChI is InChI=1S/C15H20FN3/c1-2-19(11-12-3-5-18-6-4-12)15-8-13(10-17)7-14(16)9-15/h7-9,12,18H,2-6,11H2,1H3. The van der Waals surface area contributed by atoms with E-state index in [2.05, 4.69) is 17.1 Å². The minimum atomic E-state index is -0.335. The second-order valence-corrected chi connectivity index (χ2v) is 5.04. The van der Waals surface area contributed by atoms with Crippen LogP contribution in [0.5, 0.6) is 0 Å². The van der Waals surface area contributed by atoms with Gasteiger partial charge in [0.1, 0.15) is 5.82 Å². The predicted molar refractivity (Wildman–Crippen MR) is 74.6 cm³/mol. The third-order valence-electron chi connectivity index (χ3n) is 3.70. The van der Waals surface area contributed by atoms with Gasteiger partial charge in [0.05, 0.1) is 11.6 Å². The van der Waals surface area contributed by atoms with Crippen molar-refractivity contribution in [2.24, 2.45) is 5.92 Å². The van der Waals surface area contributed by atoms with Gasteiger partial charge in [-0.3, -0.25) is 0 Å². The third-order valence-corrected chi connectivity index (χ3v) is 3.70. The lowest BCUT2D eigenvalue weighted by Crippen LogP contribution is -2.36. The van der Waals surface area contributed by atoms with E-state index in [4.69, 9.17) is 5.26 Å². The molecule has 1 fully saturated rings. The van der Waals surface area contributed by atoms with E-state index >= 15 is 0 Å². The summed E-state index contributed by atoms with van der Waals surface area (Å²) in [5, 5.41) is 12.3. The SMILES string of the molecule is CCN(CC1CCNCC1)c1cc(F)cc(C#N)c1. The molecule has 0 unspecified atom stereocenters. The van der Waals surface area contributed by atoms with Crippen LogP contribution in [0.2, 0.25) is 0 Å². The van der Waals surface area contributed by atoms with Crippen molar-refractivity contribution >= 4 is 5.69 Å². The first-order valence-corrected chi connectivity index (χ1v) is 6.89. The predicted octanol–water partition coefficient (Wildman–Crippen LogP) is 2.52. The maximum absolute atomic E-state index is 13.5. The zero-order valence-corrected chi connectivity index (χ0v) is 11.3. The van der Waals surface area contributed by atoms with Crippen LogP contribution in [0.25, 0.3) is 0 Å². The van der Waals surface area contributed by atoms with Gasteiger partial charge in [0.25, 0.3) is 0 Å². The molecular weight excluding hydrogens is 241 g/mol. The van der Waals surface area contributed by atoms with E-state index in [-0.39, 0.29) is 5.82 Å². The monoisotopic (exact) mass is 261 g/mol.